The second kappa shape index (κ2) is 3.85. The van der Waals surface area contributed by atoms with Crippen molar-refractivity contribution in [3.05, 3.63) is 11.6 Å². The van der Waals surface area contributed by atoms with Crippen LogP contribution in [0.3, 0.4) is 0 Å². The molecule has 0 aromatic carbocycles. The van der Waals surface area contributed by atoms with E-state index in [1.807, 2.05) is 0 Å². The van der Waals surface area contributed by atoms with Gasteiger partial charge in [0, 0.05) is 11.6 Å². The fourth-order valence-corrected chi connectivity index (χ4v) is 1.79. The van der Waals surface area contributed by atoms with Crippen molar-refractivity contribution in [2.24, 2.45) is 0 Å². The van der Waals surface area contributed by atoms with Crippen molar-refractivity contribution >= 4 is 17.3 Å². The Morgan fingerprint density at radius 1 is 1.77 bits per heavy atom. The molecule has 2 heterocycles. The molecule has 1 fully saturated rings. The molecule has 1 aromatic rings. The fourth-order valence-electron chi connectivity index (χ4n) is 1.30. The zero-order chi connectivity index (χ0) is 9.10. The van der Waals surface area contributed by atoms with E-state index in [0.717, 1.165) is 19.4 Å². The van der Waals surface area contributed by atoms with Gasteiger partial charge in [0.05, 0.1) is 0 Å². The number of rotatable bonds is 2. The summed E-state index contributed by atoms with van der Waals surface area (Å²) in [4.78, 5) is 15.3. The van der Waals surface area contributed by atoms with Gasteiger partial charge in [0.2, 0.25) is 0 Å². The average molecular weight is 198 g/mol. The van der Waals surface area contributed by atoms with Gasteiger partial charge in [-0.2, -0.15) is 0 Å². The predicted octanol–water partition coefficient (Wildman–Crippen LogP) is 0.800. The minimum Gasteiger partial charge on any atom is -0.397 e. The molecule has 0 saturated carbocycles. The lowest BCUT2D eigenvalue weighted by molar-refractivity contribution is -0.136. The highest BCUT2D eigenvalue weighted by Gasteiger charge is 2.24. The summed E-state index contributed by atoms with van der Waals surface area (Å²) in [5.74, 6) is -0.215. The van der Waals surface area contributed by atoms with Gasteiger partial charge in [-0.15, -0.1) is 0 Å². The zero-order valence-corrected chi connectivity index (χ0v) is 7.84. The highest BCUT2D eigenvalue weighted by atomic mass is 32.1. The Labute approximate surface area is 79.9 Å². The van der Waals surface area contributed by atoms with E-state index in [2.05, 4.69) is 10.3 Å². The number of nitrogens with zero attached hydrogens (tertiary/aromatic N) is 1. The summed E-state index contributed by atoms with van der Waals surface area (Å²) in [7, 11) is 0. The van der Waals surface area contributed by atoms with Gasteiger partial charge in [-0.05, 0) is 19.4 Å². The number of carbonyl (C=O) groups is 1. The average Bonchev–Trinajstić information content (AvgIpc) is 2.74. The topological polar surface area (TPSA) is 51.2 Å². The Morgan fingerprint density at radius 3 is 3.31 bits per heavy atom. The van der Waals surface area contributed by atoms with Crippen molar-refractivity contribution in [2.45, 2.75) is 18.9 Å². The van der Waals surface area contributed by atoms with Crippen LogP contribution in [-0.4, -0.2) is 23.5 Å². The molecule has 1 aliphatic heterocycles. The van der Waals surface area contributed by atoms with Gasteiger partial charge in [-0.1, -0.05) is 11.3 Å². The number of hydrogen-bond acceptors (Lipinski definition) is 5. The molecule has 0 aliphatic carbocycles. The second-order valence-corrected chi connectivity index (χ2v) is 3.73. The van der Waals surface area contributed by atoms with E-state index in [1.54, 1.807) is 11.6 Å². The number of carbonyl (C=O) groups excluding carboxylic acids is 1. The van der Waals surface area contributed by atoms with Crippen LogP contribution < -0.4 is 10.1 Å². The third-order valence-electron chi connectivity index (χ3n) is 1.94. The summed E-state index contributed by atoms with van der Waals surface area (Å²) in [6.07, 6.45) is 3.53. The van der Waals surface area contributed by atoms with Gasteiger partial charge in [0.15, 0.2) is 0 Å². The van der Waals surface area contributed by atoms with E-state index in [4.69, 9.17) is 4.74 Å². The summed E-state index contributed by atoms with van der Waals surface area (Å²) < 4.78 is 5.04. The number of aromatic nitrogens is 1. The molecule has 0 spiro atoms. The van der Waals surface area contributed by atoms with Crippen LogP contribution in [0.1, 0.15) is 12.8 Å². The standard InChI is InChI=1S/C8H10N2O2S/c11-7(6-2-1-3-9-6)12-8-10-4-5-13-8/h4-6,9H,1-3H2/t6-/m0/s1. The molecule has 0 bridgehead atoms. The van der Waals surface area contributed by atoms with E-state index in [1.165, 1.54) is 11.3 Å². The van der Waals surface area contributed by atoms with Crippen molar-refractivity contribution < 1.29 is 9.53 Å². The van der Waals surface area contributed by atoms with Gasteiger partial charge < -0.3 is 10.1 Å². The Balaban J connectivity index is 1.91. The van der Waals surface area contributed by atoms with Crippen LogP contribution >= 0.6 is 11.3 Å². The Bertz CT molecular complexity index is 280. The van der Waals surface area contributed by atoms with Crippen LogP contribution in [0, 0.1) is 0 Å². The molecule has 4 nitrogen and oxygen atoms in total. The van der Waals surface area contributed by atoms with Crippen molar-refractivity contribution in [3.63, 3.8) is 0 Å². The van der Waals surface area contributed by atoms with Gasteiger partial charge in [-0.25, -0.2) is 9.78 Å². The molecule has 1 aliphatic rings. The maximum absolute atomic E-state index is 11.4. The van der Waals surface area contributed by atoms with Crippen molar-refractivity contribution in [3.8, 4) is 5.19 Å². The van der Waals surface area contributed by atoms with Crippen LogP contribution in [0.25, 0.3) is 0 Å². The van der Waals surface area contributed by atoms with Gasteiger partial charge >= 0.3 is 5.97 Å². The summed E-state index contributed by atoms with van der Waals surface area (Å²) in [6.45, 7) is 0.900. The number of ether oxygens (including phenoxy) is 1. The zero-order valence-electron chi connectivity index (χ0n) is 7.03. The van der Waals surface area contributed by atoms with Gasteiger partial charge in [0.25, 0.3) is 5.19 Å². The van der Waals surface area contributed by atoms with Gasteiger partial charge in [0.1, 0.15) is 6.04 Å². The Hall–Kier alpha value is -0.940. The molecule has 13 heavy (non-hydrogen) atoms. The predicted molar refractivity (Wildman–Crippen MR) is 48.8 cm³/mol. The highest BCUT2D eigenvalue weighted by Crippen LogP contribution is 2.15. The number of esters is 1. The van der Waals surface area contributed by atoms with E-state index in [9.17, 15) is 4.79 Å². The van der Waals surface area contributed by atoms with E-state index < -0.39 is 0 Å². The van der Waals surface area contributed by atoms with Crippen LogP contribution in [-0.2, 0) is 4.79 Å². The van der Waals surface area contributed by atoms with Crippen LogP contribution in [0.4, 0.5) is 0 Å². The first-order valence-electron chi connectivity index (χ1n) is 4.21. The van der Waals surface area contributed by atoms with Crippen molar-refractivity contribution in [2.75, 3.05) is 6.54 Å². The molecule has 1 N–H and O–H groups in total. The van der Waals surface area contributed by atoms with Crippen molar-refractivity contribution in [1.82, 2.24) is 10.3 Å². The molecule has 0 amide bonds. The van der Waals surface area contributed by atoms with Gasteiger partial charge in [-0.3, -0.25) is 0 Å². The lowest BCUT2D eigenvalue weighted by Gasteiger charge is -2.06. The van der Waals surface area contributed by atoms with E-state index in [0.29, 0.717) is 5.19 Å². The first-order chi connectivity index (χ1) is 6.36. The van der Waals surface area contributed by atoms with Crippen LogP contribution in [0.5, 0.6) is 5.19 Å². The molecule has 1 atom stereocenters. The van der Waals surface area contributed by atoms with Crippen LogP contribution in [0.15, 0.2) is 11.6 Å². The molecule has 1 saturated heterocycles. The SMILES string of the molecule is O=C(Oc1nccs1)[C@@H]1CCCN1. The summed E-state index contributed by atoms with van der Waals surface area (Å²) in [6, 6.07) is -0.135. The van der Waals surface area contributed by atoms with E-state index in [-0.39, 0.29) is 12.0 Å². The highest BCUT2D eigenvalue weighted by molar-refractivity contribution is 7.11. The normalized spacial score (nSPS) is 21.7. The lowest BCUT2D eigenvalue weighted by Crippen LogP contribution is -2.34. The minimum absolute atomic E-state index is 0.135. The third kappa shape index (κ3) is 2.05. The molecular weight excluding hydrogens is 188 g/mol. The minimum atomic E-state index is -0.215. The second-order valence-electron chi connectivity index (χ2n) is 2.87. The largest absolute Gasteiger partial charge is 0.397 e. The maximum Gasteiger partial charge on any atom is 0.330 e. The number of hydrogen-bond donors (Lipinski definition) is 1. The Kier molecular flexibility index (Phi) is 2.56. The first-order valence-corrected chi connectivity index (χ1v) is 5.09. The summed E-state index contributed by atoms with van der Waals surface area (Å²) in [5, 5.41) is 5.28. The summed E-state index contributed by atoms with van der Waals surface area (Å²) >= 11 is 1.33. The fraction of sp³-hybridized carbons (Fsp3) is 0.500. The monoisotopic (exact) mass is 198 g/mol. The molecule has 70 valence electrons. The summed E-state index contributed by atoms with van der Waals surface area (Å²) in [5.41, 5.74) is 0. The number of nitrogens with one attached hydrogen (secondary N) is 1. The molecule has 1 aromatic heterocycles. The molecular formula is C8H10N2O2S. The molecule has 2 rings (SSSR count). The number of thiazole rings is 1. The molecule has 5 heteroatoms. The molecule has 0 unspecified atom stereocenters. The third-order valence-corrected chi connectivity index (χ3v) is 2.59. The van der Waals surface area contributed by atoms with E-state index >= 15 is 0 Å². The quantitative estimate of drug-likeness (QED) is 0.714. The first kappa shape index (κ1) is 8.65. The molecule has 0 radical (unpaired) electrons. The van der Waals surface area contributed by atoms with Crippen molar-refractivity contribution in [1.29, 1.82) is 0 Å². The van der Waals surface area contributed by atoms with Crippen LogP contribution in [0.2, 0.25) is 0 Å². The smallest absolute Gasteiger partial charge is 0.330 e. The Morgan fingerprint density at radius 2 is 2.69 bits per heavy atom. The lowest BCUT2D eigenvalue weighted by atomic mass is 10.2. The maximum atomic E-state index is 11.4.